The molecule has 0 radical (unpaired) electrons. The van der Waals surface area contributed by atoms with E-state index in [9.17, 15) is 9.90 Å². The van der Waals surface area contributed by atoms with Gasteiger partial charge in [0.05, 0.1) is 11.4 Å². The summed E-state index contributed by atoms with van der Waals surface area (Å²) in [6.45, 7) is 3.61. The fourth-order valence-electron chi connectivity index (χ4n) is 4.68. The molecule has 9 nitrogen and oxygen atoms in total. The van der Waals surface area contributed by atoms with Crippen molar-refractivity contribution < 1.29 is 9.84 Å². The second kappa shape index (κ2) is 9.73. The van der Waals surface area contributed by atoms with Crippen LogP contribution in [0.2, 0.25) is 0 Å². The molecule has 0 amide bonds. The van der Waals surface area contributed by atoms with E-state index in [0.717, 1.165) is 37.0 Å². The summed E-state index contributed by atoms with van der Waals surface area (Å²) in [5, 5.41) is 24.9. The van der Waals surface area contributed by atoms with Crippen molar-refractivity contribution in [2.45, 2.75) is 44.0 Å². The van der Waals surface area contributed by atoms with E-state index in [-0.39, 0.29) is 23.5 Å². The molecule has 0 spiro atoms. The lowest BCUT2D eigenvalue weighted by Gasteiger charge is -2.30. The van der Waals surface area contributed by atoms with Crippen molar-refractivity contribution in [1.29, 1.82) is 0 Å². The van der Waals surface area contributed by atoms with Crippen LogP contribution in [-0.4, -0.2) is 37.4 Å². The molecule has 4 aromatic rings. The van der Waals surface area contributed by atoms with Crippen LogP contribution in [0.3, 0.4) is 0 Å². The Morgan fingerprint density at radius 1 is 1.11 bits per heavy atom. The number of H-pyrrole nitrogens is 1. The number of hydrogen-bond donors (Lipinski definition) is 4. The predicted octanol–water partition coefficient (Wildman–Crippen LogP) is 3.74. The lowest BCUT2D eigenvalue weighted by molar-refractivity contribution is 0.147. The van der Waals surface area contributed by atoms with Crippen LogP contribution in [0.4, 0.5) is 5.82 Å². The van der Waals surface area contributed by atoms with Gasteiger partial charge in [-0.15, -0.1) is 0 Å². The summed E-state index contributed by atoms with van der Waals surface area (Å²) in [5.41, 5.74) is 7.77. The number of ether oxygens (including phenoxy) is 1. The number of rotatable bonds is 7. The zero-order chi connectivity index (χ0) is 24.4. The summed E-state index contributed by atoms with van der Waals surface area (Å²) in [7, 11) is 0. The van der Waals surface area contributed by atoms with Crippen molar-refractivity contribution in [2.24, 2.45) is 0 Å². The summed E-state index contributed by atoms with van der Waals surface area (Å²) in [4.78, 5) is 12.8. The molecule has 180 valence electrons. The van der Waals surface area contributed by atoms with E-state index < -0.39 is 6.23 Å². The Labute approximate surface area is 202 Å². The number of aromatic amines is 1. The zero-order valence-corrected chi connectivity index (χ0v) is 19.2. The van der Waals surface area contributed by atoms with Crippen molar-refractivity contribution in [1.82, 2.24) is 25.3 Å². The Kier molecular flexibility index (Phi) is 6.35. The molecule has 1 saturated carbocycles. The van der Waals surface area contributed by atoms with Gasteiger partial charge in [-0.1, -0.05) is 24.8 Å². The number of nitrogens with zero attached hydrogens (tertiary/aromatic N) is 3. The highest BCUT2D eigenvalue weighted by Gasteiger charge is 2.28. The molecule has 0 bridgehead atoms. The normalized spacial score (nSPS) is 18.9. The Hall–Kier alpha value is -3.95. The summed E-state index contributed by atoms with van der Waals surface area (Å²) < 4.78 is 7.70. The van der Waals surface area contributed by atoms with E-state index in [4.69, 9.17) is 15.6 Å². The third-order valence-electron chi connectivity index (χ3n) is 6.44. The molecule has 1 unspecified atom stereocenters. The average Bonchev–Trinajstić information content (AvgIpc) is 3.30. The van der Waals surface area contributed by atoms with E-state index in [1.807, 2.05) is 54.6 Å². The maximum absolute atomic E-state index is 12.8. The van der Waals surface area contributed by atoms with Crippen LogP contribution in [0.15, 0.2) is 72.0 Å². The highest BCUT2D eigenvalue weighted by molar-refractivity contribution is 5.99. The topological polar surface area (TPSA) is 131 Å². The first-order chi connectivity index (χ1) is 17.0. The lowest BCUT2D eigenvalue weighted by atomic mass is 9.91. The number of aromatic nitrogens is 4. The number of anilines is 1. The number of hydrogen-bond acceptors (Lipinski definition) is 7. The van der Waals surface area contributed by atoms with E-state index in [1.54, 1.807) is 4.68 Å². The second-order valence-corrected chi connectivity index (χ2v) is 8.75. The van der Waals surface area contributed by atoms with E-state index >= 15 is 0 Å². The minimum Gasteiger partial charge on any atom is -0.457 e. The Balaban J connectivity index is 1.46. The van der Waals surface area contributed by atoms with Crippen LogP contribution in [0.1, 0.15) is 31.7 Å². The molecule has 5 rings (SSSR count). The molecule has 35 heavy (non-hydrogen) atoms. The van der Waals surface area contributed by atoms with Crippen molar-refractivity contribution in [3.05, 3.63) is 77.6 Å². The number of aliphatic hydroxyl groups is 1. The van der Waals surface area contributed by atoms with Crippen molar-refractivity contribution in [2.75, 3.05) is 5.73 Å². The summed E-state index contributed by atoms with van der Waals surface area (Å²) in [6, 6.07) is 17.3. The van der Waals surface area contributed by atoms with Crippen LogP contribution >= 0.6 is 0 Å². The van der Waals surface area contributed by atoms with Crippen LogP contribution < -0.4 is 21.3 Å². The molecule has 2 aromatic carbocycles. The largest absolute Gasteiger partial charge is 0.457 e. The fraction of sp³-hybridized carbons (Fsp3) is 0.269. The molecule has 2 aromatic heterocycles. The smallest absolute Gasteiger partial charge is 0.290 e. The van der Waals surface area contributed by atoms with Gasteiger partial charge in [-0.2, -0.15) is 10.2 Å². The van der Waals surface area contributed by atoms with Crippen LogP contribution in [-0.2, 0) is 0 Å². The first-order valence-corrected chi connectivity index (χ1v) is 11.7. The van der Waals surface area contributed by atoms with E-state index in [2.05, 4.69) is 22.1 Å². The van der Waals surface area contributed by atoms with Crippen LogP contribution in [0, 0.1) is 0 Å². The minimum absolute atomic E-state index is 0.0359. The maximum Gasteiger partial charge on any atom is 0.290 e. The molecule has 2 heterocycles. The van der Waals surface area contributed by atoms with Gasteiger partial charge >= 0.3 is 0 Å². The van der Waals surface area contributed by atoms with Gasteiger partial charge in [-0.3, -0.25) is 14.8 Å². The Morgan fingerprint density at radius 2 is 1.80 bits per heavy atom. The first kappa shape index (κ1) is 22.8. The maximum atomic E-state index is 12.8. The van der Waals surface area contributed by atoms with Gasteiger partial charge in [0.15, 0.2) is 5.82 Å². The Morgan fingerprint density at radius 3 is 2.49 bits per heavy atom. The molecule has 1 fully saturated rings. The highest BCUT2D eigenvalue weighted by Crippen LogP contribution is 2.36. The molecule has 5 N–H and O–H groups in total. The monoisotopic (exact) mass is 472 g/mol. The van der Waals surface area contributed by atoms with Gasteiger partial charge in [0.2, 0.25) is 0 Å². The summed E-state index contributed by atoms with van der Waals surface area (Å²) in [5.74, 6) is 1.68. The van der Waals surface area contributed by atoms with Crippen molar-refractivity contribution in [3.63, 3.8) is 0 Å². The molecular weight excluding hydrogens is 444 g/mol. The molecule has 0 saturated heterocycles. The second-order valence-electron chi connectivity index (χ2n) is 8.75. The predicted molar refractivity (Wildman–Crippen MR) is 135 cm³/mol. The SMILES string of the molecule is C=CC(O)N[C@H]1CC[C@H](n2nc(-c3ccc(Oc4ccccc4)cc3)c3c(N)n[nH]c(=O)c32)CC1. The molecule has 1 aliphatic rings. The number of fused-ring (bicyclic) bond motifs is 1. The lowest BCUT2D eigenvalue weighted by Crippen LogP contribution is -2.39. The van der Waals surface area contributed by atoms with Gasteiger partial charge in [-0.25, -0.2) is 5.10 Å². The molecule has 1 aliphatic carbocycles. The van der Waals surface area contributed by atoms with Crippen LogP contribution in [0.5, 0.6) is 11.5 Å². The number of aliphatic hydroxyl groups excluding tert-OH is 1. The van der Waals surface area contributed by atoms with Gasteiger partial charge in [0, 0.05) is 11.6 Å². The quantitative estimate of drug-likeness (QED) is 0.238. The molecule has 0 aliphatic heterocycles. The molecular formula is C26H28N6O3. The van der Waals surface area contributed by atoms with Gasteiger partial charge in [0.25, 0.3) is 5.56 Å². The summed E-state index contributed by atoms with van der Waals surface area (Å²) >= 11 is 0. The molecule has 9 heteroatoms. The van der Waals surface area contributed by atoms with E-state index in [0.29, 0.717) is 22.3 Å². The third kappa shape index (κ3) is 4.68. The number of nitrogens with one attached hydrogen (secondary N) is 2. The van der Waals surface area contributed by atoms with Gasteiger partial charge in [-0.05, 0) is 68.2 Å². The fourth-order valence-corrected chi connectivity index (χ4v) is 4.68. The number of para-hydroxylation sites is 1. The molecule has 1 atom stereocenters. The minimum atomic E-state index is -0.726. The van der Waals surface area contributed by atoms with Gasteiger partial charge < -0.3 is 15.6 Å². The van der Waals surface area contributed by atoms with Crippen molar-refractivity contribution >= 4 is 16.7 Å². The number of nitrogens with two attached hydrogens (primary N) is 1. The Bertz CT molecular complexity index is 1370. The highest BCUT2D eigenvalue weighted by atomic mass is 16.5. The average molecular weight is 473 g/mol. The van der Waals surface area contributed by atoms with Gasteiger partial charge in [0.1, 0.15) is 28.9 Å². The van der Waals surface area contributed by atoms with Crippen LogP contribution in [0.25, 0.3) is 22.2 Å². The standard InChI is InChI=1S/C26H28N6O3/c1-2-21(33)28-17-10-12-18(13-11-17)32-24-22(25(27)29-30-26(24)34)23(31-32)16-8-14-20(15-9-16)35-19-6-4-3-5-7-19/h2-9,14-15,17-18,21,28,33H,1,10-13H2,(H2,27,29)(H,30,34)/t17-,18-,21?. The number of benzene rings is 2. The number of nitrogen functional groups attached to an aromatic ring is 1. The first-order valence-electron chi connectivity index (χ1n) is 11.7. The summed E-state index contributed by atoms with van der Waals surface area (Å²) in [6.07, 6.45) is 4.06. The zero-order valence-electron chi connectivity index (χ0n) is 19.2. The van der Waals surface area contributed by atoms with E-state index in [1.165, 1.54) is 6.08 Å². The van der Waals surface area contributed by atoms with Crippen molar-refractivity contribution in [3.8, 4) is 22.8 Å². The third-order valence-corrected chi connectivity index (χ3v) is 6.44.